The van der Waals surface area contributed by atoms with Crippen molar-refractivity contribution in [3.8, 4) is 5.75 Å². The van der Waals surface area contributed by atoms with Gasteiger partial charge in [0.05, 0.1) is 17.6 Å². The normalized spacial score (nSPS) is 11.1. The van der Waals surface area contributed by atoms with Crippen molar-refractivity contribution in [2.75, 3.05) is 12.4 Å². The molecular formula is C15H15IN2O4S. The number of anilines is 1. The van der Waals surface area contributed by atoms with Crippen LogP contribution < -0.4 is 15.2 Å². The maximum Gasteiger partial charge on any atom is 0.259 e. The summed E-state index contributed by atoms with van der Waals surface area (Å²) in [5.41, 5.74) is 1.79. The van der Waals surface area contributed by atoms with E-state index in [1.165, 1.54) is 25.3 Å². The Hall–Kier alpha value is -1.65. The van der Waals surface area contributed by atoms with E-state index in [0.717, 1.165) is 9.13 Å². The van der Waals surface area contributed by atoms with Crippen molar-refractivity contribution in [2.45, 2.75) is 11.8 Å². The predicted molar refractivity (Wildman–Crippen MR) is 96.2 cm³/mol. The van der Waals surface area contributed by atoms with Crippen LogP contribution in [0.2, 0.25) is 0 Å². The van der Waals surface area contributed by atoms with E-state index in [2.05, 4.69) is 27.9 Å². The Balaban J connectivity index is 2.39. The van der Waals surface area contributed by atoms with E-state index in [4.69, 9.17) is 9.88 Å². The molecule has 8 heteroatoms. The molecule has 0 heterocycles. The number of primary sulfonamides is 1. The minimum absolute atomic E-state index is 0.0922. The van der Waals surface area contributed by atoms with E-state index in [0.29, 0.717) is 5.69 Å². The molecule has 0 aliphatic carbocycles. The number of aryl methyl sites for hydroxylation is 1. The molecule has 122 valence electrons. The number of nitrogens with one attached hydrogen (secondary N) is 1. The molecule has 0 aromatic heterocycles. The number of benzene rings is 2. The van der Waals surface area contributed by atoms with Crippen LogP contribution in [0.25, 0.3) is 0 Å². The summed E-state index contributed by atoms with van der Waals surface area (Å²) in [5, 5.41) is 7.83. The van der Waals surface area contributed by atoms with Gasteiger partial charge in [-0.3, -0.25) is 4.79 Å². The molecule has 23 heavy (non-hydrogen) atoms. The lowest BCUT2D eigenvalue weighted by Gasteiger charge is -2.11. The van der Waals surface area contributed by atoms with Crippen LogP contribution in [0.15, 0.2) is 41.3 Å². The number of rotatable bonds is 4. The van der Waals surface area contributed by atoms with Gasteiger partial charge in [0.2, 0.25) is 10.0 Å². The fourth-order valence-corrected chi connectivity index (χ4v) is 2.97. The first-order chi connectivity index (χ1) is 10.7. The zero-order valence-corrected chi connectivity index (χ0v) is 15.4. The zero-order valence-electron chi connectivity index (χ0n) is 12.5. The fourth-order valence-electron chi connectivity index (χ4n) is 1.91. The molecule has 0 aliphatic heterocycles. The Morgan fingerprint density at radius 1 is 1.22 bits per heavy atom. The minimum Gasteiger partial charge on any atom is -0.496 e. The molecule has 2 rings (SSSR count). The highest BCUT2D eigenvalue weighted by atomic mass is 127. The van der Waals surface area contributed by atoms with Gasteiger partial charge in [0.25, 0.3) is 5.91 Å². The number of nitrogens with two attached hydrogens (primary N) is 1. The quantitative estimate of drug-likeness (QED) is 0.706. The number of ether oxygens (including phenoxy) is 1. The molecule has 0 aliphatic rings. The second-order valence-electron chi connectivity index (χ2n) is 4.83. The van der Waals surface area contributed by atoms with Crippen molar-refractivity contribution >= 4 is 44.2 Å². The molecule has 0 saturated heterocycles. The lowest BCUT2D eigenvalue weighted by atomic mass is 10.1. The fraction of sp³-hybridized carbons (Fsp3) is 0.133. The highest BCUT2D eigenvalue weighted by molar-refractivity contribution is 14.1. The second-order valence-corrected chi connectivity index (χ2v) is 7.55. The lowest BCUT2D eigenvalue weighted by Crippen LogP contribution is -2.16. The van der Waals surface area contributed by atoms with Gasteiger partial charge < -0.3 is 10.1 Å². The number of carbonyl (C=O) groups is 1. The molecule has 2 aromatic carbocycles. The first-order valence-corrected chi connectivity index (χ1v) is 9.13. The number of sulfonamides is 1. The average Bonchev–Trinajstić information content (AvgIpc) is 2.49. The SMILES string of the molecule is COc1ccc(S(N)(=O)=O)cc1C(=O)Nc1ccc(C)c(I)c1. The molecule has 0 fully saturated rings. The van der Waals surface area contributed by atoms with Crippen LogP contribution >= 0.6 is 22.6 Å². The molecular weight excluding hydrogens is 431 g/mol. The summed E-state index contributed by atoms with van der Waals surface area (Å²) >= 11 is 2.17. The van der Waals surface area contributed by atoms with Crippen molar-refractivity contribution in [3.63, 3.8) is 0 Å². The summed E-state index contributed by atoms with van der Waals surface area (Å²) in [6.07, 6.45) is 0. The van der Waals surface area contributed by atoms with Crippen molar-refractivity contribution in [1.82, 2.24) is 0 Å². The first-order valence-electron chi connectivity index (χ1n) is 6.50. The molecule has 0 unspecified atom stereocenters. The summed E-state index contributed by atoms with van der Waals surface area (Å²) in [7, 11) is -2.51. The lowest BCUT2D eigenvalue weighted by molar-refractivity contribution is 0.102. The Kier molecular flexibility index (Phi) is 5.27. The maximum absolute atomic E-state index is 12.4. The van der Waals surface area contributed by atoms with Crippen LogP contribution in [0.4, 0.5) is 5.69 Å². The van der Waals surface area contributed by atoms with E-state index >= 15 is 0 Å². The minimum atomic E-state index is -3.91. The smallest absolute Gasteiger partial charge is 0.259 e. The molecule has 0 saturated carbocycles. The third kappa shape index (κ3) is 4.21. The van der Waals surface area contributed by atoms with Crippen LogP contribution in [-0.4, -0.2) is 21.4 Å². The number of carbonyl (C=O) groups excluding carboxylic acids is 1. The van der Waals surface area contributed by atoms with Gasteiger partial charge >= 0.3 is 0 Å². The average molecular weight is 446 g/mol. The van der Waals surface area contributed by atoms with Gasteiger partial charge in [-0.2, -0.15) is 0 Å². The number of amides is 1. The van der Waals surface area contributed by atoms with Crippen LogP contribution in [0.3, 0.4) is 0 Å². The molecule has 0 bridgehead atoms. The van der Waals surface area contributed by atoms with Crippen LogP contribution in [0.5, 0.6) is 5.75 Å². The molecule has 3 N–H and O–H groups in total. The van der Waals surface area contributed by atoms with Gasteiger partial charge in [0.15, 0.2) is 0 Å². The first kappa shape index (κ1) is 17.7. The van der Waals surface area contributed by atoms with E-state index in [1.54, 1.807) is 6.07 Å². The van der Waals surface area contributed by atoms with Crippen LogP contribution in [0.1, 0.15) is 15.9 Å². The number of hydrogen-bond acceptors (Lipinski definition) is 4. The van der Waals surface area contributed by atoms with Gasteiger partial charge in [-0.25, -0.2) is 13.6 Å². The highest BCUT2D eigenvalue weighted by Crippen LogP contribution is 2.24. The molecule has 0 spiro atoms. The third-order valence-corrected chi connectivity index (χ3v) is 5.25. The Labute approximate surface area is 148 Å². The summed E-state index contributed by atoms with van der Waals surface area (Å²) in [6, 6.07) is 9.36. The summed E-state index contributed by atoms with van der Waals surface area (Å²) in [6.45, 7) is 1.96. The molecule has 6 nitrogen and oxygen atoms in total. The third-order valence-electron chi connectivity index (χ3n) is 3.17. The standard InChI is InChI=1S/C15H15IN2O4S/c1-9-3-4-10(7-13(9)16)18-15(19)12-8-11(23(17,20)21)5-6-14(12)22-2/h3-8H,1-2H3,(H,18,19)(H2,17,20,21). The Morgan fingerprint density at radius 3 is 2.48 bits per heavy atom. The van der Waals surface area contributed by atoms with Crippen molar-refractivity contribution in [1.29, 1.82) is 0 Å². The summed E-state index contributed by atoms with van der Waals surface area (Å²) in [4.78, 5) is 12.3. The van der Waals surface area contributed by atoms with Gasteiger partial charge in [-0.15, -0.1) is 0 Å². The molecule has 1 amide bonds. The maximum atomic E-state index is 12.4. The molecule has 0 radical (unpaired) electrons. The molecule has 2 aromatic rings. The van der Waals surface area contributed by atoms with Gasteiger partial charge in [0.1, 0.15) is 5.75 Å². The highest BCUT2D eigenvalue weighted by Gasteiger charge is 2.17. The second kappa shape index (κ2) is 6.85. The monoisotopic (exact) mass is 446 g/mol. The zero-order chi connectivity index (χ0) is 17.2. The topological polar surface area (TPSA) is 98.5 Å². The number of halogens is 1. The molecule has 0 atom stereocenters. The van der Waals surface area contributed by atoms with Crippen molar-refractivity contribution < 1.29 is 17.9 Å². The van der Waals surface area contributed by atoms with Crippen LogP contribution in [-0.2, 0) is 10.0 Å². The summed E-state index contributed by atoms with van der Waals surface area (Å²) in [5.74, 6) is -0.219. The Morgan fingerprint density at radius 2 is 1.91 bits per heavy atom. The number of methoxy groups -OCH3 is 1. The van der Waals surface area contributed by atoms with Crippen molar-refractivity contribution in [2.24, 2.45) is 5.14 Å². The van der Waals surface area contributed by atoms with Crippen LogP contribution in [0, 0.1) is 10.5 Å². The van der Waals surface area contributed by atoms with Gasteiger partial charge in [-0.05, 0) is 65.4 Å². The van der Waals surface area contributed by atoms with E-state index in [1.807, 2.05) is 19.1 Å². The largest absolute Gasteiger partial charge is 0.496 e. The van der Waals surface area contributed by atoms with E-state index in [-0.39, 0.29) is 16.2 Å². The Bertz CT molecular complexity index is 866. The number of hydrogen-bond donors (Lipinski definition) is 2. The predicted octanol–water partition coefficient (Wildman–Crippen LogP) is 2.51. The van der Waals surface area contributed by atoms with Gasteiger partial charge in [0, 0.05) is 9.26 Å². The van der Waals surface area contributed by atoms with Crippen molar-refractivity contribution in [3.05, 3.63) is 51.1 Å². The van der Waals surface area contributed by atoms with E-state index in [9.17, 15) is 13.2 Å². The van der Waals surface area contributed by atoms with E-state index < -0.39 is 15.9 Å². The summed E-state index contributed by atoms with van der Waals surface area (Å²) < 4.78 is 29.0. The van der Waals surface area contributed by atoms with Gasteiger partial charge in [-0.1, -0.05) is 6.07 Å².